The number of ether oxygens (including phenoxy) is 1. The quantitative estimate of drug-likeness (QED) is 0.729. The summed E-state index contributed by atoms with van der Waals surface area (Å²) in [5.41, 5.74) is 1.92. The average Bonchev–Trinajstić information content (AvgIpc) is 3.03. The van der Waals surface area contributed by atoms with Crippen LogP contribution in [0.5, 0.6) is 5.75 Å². The number of aliphatic imine (C=N–C) groups is 1. The monoisotopic (exact) mass is 387 g/mol. The van der Waals surface area contributed by atoms with Gasteiger partial charge in [-0.3, -0.25) is 19.1 Å². The van der Waals surface area contributed by atoms with Gasteiger partial charge in [-0.1, -0.05) is 36.4 Å². The summed E-state index contributed by atoms with van der Waals surface area (Å²) in [5, 5.41) is 0. The van der Waals surface area contributed by atoms with Crippen molar-refractivity contribution in [2.24, 2.45) is 18.0 Å². The Hall–Kier alpha value is -3.74. The van der Waals surface area contributed by atoms with Crippen LogP contribution >= 0.6 is 0 Å². The summed E-state index contributed by atoms with van der Waals surface area (Å²) in [7, 11) is 3.13. The van der Waals surface area contributed by atoms with E-state index in [9.17, 15) is 14.4 Å². The number of Topliss-reactive ketones (excluding diaryl/α,β-unsaturated/α-hetero) is 1. The maximum Gasteiger partial charge on any atom is 0.329 e. The summed E-state index contributed by atoms with van der Waals surface area (Å²) in [4.78, 5) is 45.4. The number of hydrogen-bond acceptors (Lipinski definition) is 5. The van der Waals surface area contributed by atoms with Crippen molar-refractivity contribution in [1.82, 2.24) is 9.55 Å². The average molecular weight is 387 g/mol. The van der Waals surface area contributed by atoms with E-state index in [2.05, 4.69) is 9.98 Å². The normalized spacial score (nSPS) is 19.2. The maximum atomic E-state index is 13.3. The summed E-state index contributed by atoms with van der Waals surface area (Å²) < 4.78 is 6.67. The lowest BCUT2D eigenvalue weighted by molar-refractivity contribution is 0.0953. The minimum atomic E-state index is -0.634. The second-order valence-electron chi connectivity index (χ2n) is 7.19. The third-order valence-electron chi connectivity index (χ3n) is 5.70. The molecule has 0 amide bonds. The fourth-order valence-electron chi connectivity index (χ4n) is 4.34. The van der Waals surface area contributed by atoms with Crippen molar-refractivity contribution in [2.75, 3.05) is 7.11 Å². The third kappa shape index (κ3) is 2.37. The molecule has 29 heavy (non-hydrogen) atoms. The van der Waals surface area contributed by atoms with Crippen LogP contribution in [0.1, 0.15) is 33.0 Å². The predicted molar refractivity (Wildman–Crippen MR) is 108 cm³/mol. The van der Waals surface area contributed by atoms with E-state index in [1.54, 1.807) is 26.3 Å². The van der Waals surface area contributed by atoms with Crippen LogP contribution in [-0.4, -0.2) is 28.2 Å². The molecule has 2 aromatic carbocycles. The highest BCUT2D eigenvalue weighted by Gasteiger charge is 2.47. The Morgan fingerprint density at radius 2 is 1.76 bits per heavy atom. The molecule has 1 N–H and O–H groups in total. The van der Waals surface area contributed by atoms with Crippen molar-refractivity contribution in [3.8, 4) is 5.75 Å². The molecule has 7 nitrogen and oxygen atoms in total. The standard InChI is InChI=1S/C22H17N3O4/c1-25-20-17(21(27)24-22(25)28)15(11-6-5-7-12(10-11)29-2)16-18(23-20)13-8-3-4-9-14(13)19(16)26/h3-10,15-16H,1-2H3,(H,24,27,28)/t15-,16+/m0/s1. The highest BCUT2D eigenvalue weighted by atomic mass is 16.5. The number of fused-ring (bicyclic) bond motifs is 4. The zero-order chi connectivity index (χ0) is 20.3. The molecule has 0 bridgehead atoms. The van der Waals surface area contributed by atoms with E-state index >= 15 is 0 Å². The molecule has 1 aliphatic carbocycles. The summed E-state index contributed by atoms with van der Waals surface area (Å²) >= 11 is 0. The predicted octanol–water partition coefficient (Wildman–Crippen LogP) is 2.16. The number of methoxy groups -OCH3 is 1. The Labute approximate surface area is 165 Å². The summed E-state index contributed by atoms with van der Waals surface area (Å²) in [5.74, 6) is -0.389. The maximum absolute atomic E-state index is 13.3. The number of rotatable bonds is 2. The molecule has 1 aromatic heterocycles. The molecule has 0 saturated carbocycles. The molecule has 2 atom stereocenters. The first-order valence-corrected chi connectivity index (χ1v) is 9.20. The number of H-pyrrole nitrogens is 1. The number of nitrogens with zero attached hydrogens (tertiary/aromatic N) is 2. The molecule has 0 saturated heterocycles. The number of benzene rings is 2. The van der Waals surface area contributed by atoms with Gasteiger partial charge in [0.1, 0.15) is 11.6 Å². The van der Waals surface area contributed by atoms with Crippen LogP contribution in [0, 0.1) is 5.92 Å². The topological polar surface area (TPSA) is 93.5 Å². The highest BCUT2D eigenvalue weighted by molar-refractivity contribution is 6.30. The Balaban J connectivity index is 1.87. The largest absolute Gasteiger partial charge is 0.497 e. The molecule has 1 aliphatic heterocycles. The van der Waals surface area contributed by atoms with Gasteiger partial charge in [-0.15, -0.1) is 0 Å². The first-order chi connectivity index (χ1) is 14.0. The molecular formula is C22H17N3O4. The molecular weight excluding hydrogens is 370 g/mol. The molecule has 5 rings (SSSR count). The lowest BCUT2D eigenvalue weighted by Crippen LogP contribution is -2.38. The minimum Gasteiger partial charge on any atom is -0.497 e. The van der Waals surface area contributed by atoms with E-state index in [0.29, 0.717) is 22.6 Å². The van der Waals surface area contributed by atoms with Gasteiger partial charge in [0.2, 0.25) is 0 Å². The Bertz CT molecular complexity index is 1330. The number of aromatic amines is 1. The van der Waals surface area contributed by atoms with Crippen molar-refractivity contribution in [3.05, 3.63) is 91.6 Å². The fraction of sp³-hybridized carbons (Fsp3) is 0.182. The van der Waals surface area contributed by atoms with Gasteiger partial charge >= 0.3 is 5.69 Å². The van der Waals surface area contributed by atoms with Crippen LogP contribution < -0.4 is 16.0 Å². The van der Waals surface area contributed by atoms with Crippen LogP contribution in [0.3, 0.4) is 0 Å². The molecule has 2 heterocycles. The smallest absolute Gasteiger partial charge is 0.329 e. The second kappa shape index (κ2) is 6.13. The van der Waals surface area contributed by atoms with Gasteiger partial charge in [-0.05, 0) is 17.7 Å². The minimum absolute atomic E-state index is 0.0777. The first kappa shape index (κ1) is 17.4. The molecule has 0 radical (unpaired) electrons. The molecule has 7 heteroatoms. The number of nitrogens with one attached hydrogen (secondary N) is 1. The van der Waals surface area contributed by atoms with Gasteiger partial charge in [0.05, 0.1) is 24.3 Å². The zero-order valence-corrected chi connectivity index (χ0v) is 15.8. The van der Waals surface area contributed by atoms with Crippen LogP contribution in [0.4, 0.5) is 5.82 Å². The van der Waals surface area contributed by atoms with Crippen LogP contribution in [0.25, 0.3) is 0 Å². The molecule has 0 fully saturated rings. The van der Waals surface area contributed by atoms with E-state index in [1.165, 1.54) is 4.57 Å². The van der Waals surface area contributed by atoms with Crippen LogP contribution in [-0.2, 0) is 7.05 Å². The van der Waals surface area contributed by atoms with E-state index in [0.717, 1.165) is 11.1 Å². The number of carbonyl (C=O) groups is 1. The van der Waals surface area contributed by atoms with Crippen molar-refractivity contribution >= 4 is 17.3 Å². The number of aromatic nitrogens is 2. The fourth-order valence-corrected chi connectivity index (χ4v) is 4.34. The van der Waals surface area contributed by atoms with E-state index in [-0.39, 0.29) is 11.6 Å². The Kier molecular flexibility index (Phi) is 3.67. The number of ketones is 1. The molecule has 0 spiro atoms. The van der Waals surface area contributed by atoms with Gasteiger partial charge in [-0.25, -0.2) is 9.79 Å². The second-order valence-corrected chi connectivity index (χ2v) is 7.19. The molecule has 144 valence electrons. The van der Waals surface area contributed by atoms with Gasteiger partial charge in [0, 0.05) is 24.1 Å². The molecule has 0 unspecified atom stereocenters. The SMILES string of the molecule is COc1cccc([C@@H]2c3c(n(C)c(=O)[nH]c3=O)N=C3c4ccccc4C(=O)[C@@H]32)c1. The van der Waals surface area contributed by atoms with Crippen LogP contribution in [0.2, 0.25) is 0 Å². The molecule has 2 aliphatic rings. The van der Waals surface area contributed by atoms with Crippen LogP contribution in [0.15, 0.2) is 63.1 Å². The van der Waals surface area contributed by atoms with Crippen molar-refractivity contribution in [1.29, 1.82) is 0 Å². The van der Waals surface area contributed by atoms with E-state index in [4.69, 9.17) is 4.74 Å². The van der Waals surface area contributed by atoms with E-state index < -0.39 is 23.1 Å². The van der Waals surface area contributed by atoms with Crippen molar-refractivity contribution in [2.45, 2.75) is 5.92 Å². The van der Waals surface area contributed by atoms with Gasteiger partial charge in [-0.2, -0.15) is 0 Å². The highest BCUT2D eigenvalue weighted by Crippen LogP contribution is 2.46. The first-order valence-electron chi connectivity index (χ1n) is 9.20. The van der Waals surface area contributed by atoms with Gasteiger partial charge < -0.3 is 4.74 Å². The summed E-state index contributed by atoms with van der Waals surface area (Å²) in [6.45, 7) is 0. The van der Waals surface area contributed by atoms with Gasteiger partial charge in [0.25, 0.3) is 5.56 Å². The summed E-state index contributed by atoms with van der Waals surface area (Å²) in [6.07, 6.45) is 0. The van der Waals surface area contributed by atoms with Crippen molar-refractivity contribution in [3.63, 3.8) is 0 Å². The zero-order valence-electron chi connectivity index (χ0n) is 15.8. The lowest BCUT2D eigenvalue weighted by Gasteiger charge is -2.29. The third-order valence-corrected chi connectivity index (χ3v) is 5.70. The number of carbonyl (C=O) groups excluding carboxylic acids is 1. The lowest BCUT2D eigenvalue weighted by atomic mass is 9.76. The van der Waals surface area contributed by atoms with Crippen molar-refractivity contribution < 1.29 is 9.53 Å². The van der Waals surface area contributed by atoms with E-state index in [1.807, 2.05) is 36.4 Å². The number of hydrogen-bond donors (Lipinski definition) is 1. The molecule has 3 aromatic rings. The Morgan fingerprint density at radius 1 is 1.00 bits per heavy atom. The van der Waals surface area contributed by atoms with Gasteiger partial charge in [0.15, 0.2) is 5.78 Å². The summed E-state index contributed by atoms with van der Waals surface area (Å²) in [6, 6.07) is 14.6. The Morgan fingerprint density at radius 3 is 2.52 bits per heavy atom.